The van der Waals surface area contributed by atoms with Gasteiger partial charge in [-0.1, -0.05) is 28.9 Å². The topological polar surface area (TPSA) is 42.7 Å². The largest absolute Gasteiger partial charge is 0.308 e. The number of hydrogen-bond donors (Lipinski definition) is 1. The third-order valence-corrected chi connectivity index (χ3v) is 3.47. The number of para-hydroxylation sites is 1. The molecule has 2 aromatic rings. The Labute approximate surface area is 111 Å². The first-order valence-corrected chi connectivity index (χ1v) is 6.52. The van der Waals surface area contributed by atoms with Crippen molar-refractivity contribution in [2.24, 2.45) is 0 Å². The fourth-order valence-corrected chi connectivity index (χ4v) is 2.29. The van der Waals surface area contributed by atoms with Crippen molar-refractivity contribution in [1.82, 2.24) is 20.3 Å². The van der Waals surface area contributed by atoms with Crippen molar-refractivity contribution in [1.29, 1.82) is 0 Å². The molecule has 1 aliphatic rings. The van der Waals surface area contributed by atoms with Gasteiger partial charge in [-0.3, -0.25) is 0 Å². The standard InChI is InChI=1S/C13H15ClN4/c1-9-3-2-4-12(14)13(9)18-11(8-16-17-18)7-15-10-5-6-10/h2-4,8,10,15H,5-7H2,1H3. The van der Waals surface area contributed by atoms with E-state index in [2.05, 4.69) is 15.6 Å². The molecule has 0 unspecified atom stereocenters. The molecule has 1 aromatic carbocycles. The maximum Gasteiger partial charge on any atom is 0.0882 e. The van der Waals surface area contributed by atoms with Crippen LogP contribution in [0.25, 0.3) is 5.69 Å². The zero-order valence-corrected chi connectivity index (χ0v) is 11.0. The first-order valence-electron chi connectivity index (χ1n) is 6.14. The molecular weight excluding hydrogens is 248 g/mol. The lowest BCUT2D eigenvalue weighted by Crippen LogP contribution is -2.18. The molecule has 0 saturated heterocycles. The molecule has 1 fully saturated rings. The van der Waals surface area contributed by atoms with Gasteiger partial charge in [-0.15, -0.1) is 5.10 Å². The fourth-order valence-electron chi connectivity index (χ4n) is 1.99. The van der Waals surface area contributed by atoms with Gasteiger partial charge in [0.15, 0.2) is 0 Å². The Kier molecular flexibility index (Phi) is 3.06. The van der Waals surface area contributed by atoms with Crippen molar-refractivity contribution in [3.8, 4) is 5.69 Å². The van der Waals surface area contributed by atoms with Crippen LogP contribution in [-0.2, 0) is 6.54 Å². The van der Waals surface area contributed by atoms with Crippen molar-refractivity contribution < 1.29 is 0 Å². The molecule has 0 radical (unpaired) electrons. The third kappa shape index (κ3) is 2.26. The molecule has 0 amide bonds. The van der Waals surface area contributed by atoms with E-state index in [-0.39, 0.29) is 0 Å². The van der Waals surface area contributed by atoms with Crippen molar-refractivity contribution in [2.45, 2.75) is 32.4 Å². The number of benzene rings is 1. The summed E-state index contributed by atoms with van der Waals surface area (Å²) in [4.78, 5) is 0. The molecule has 94 valence electrons. The number of nitrogens with one attached hydrogen (secondary N) is 1. The smallest absolute Gasteiger partial charge is 0.0882 e. The number of aryl methyl sites for hydroxylation is 1. The highest BCUT2D eigenvalue weighted by Gasteiger charge is 2.21. The van der Waals surface area contributed by atoms with E-state index in [0.717, 1.165) is 23.5 Å². The van der Waals surface area contributed by atoms with Gasteiger partial charge in [0, 0.05) is 12.6 Å². The second kappa shape index (κ2) is 4.71. The van der Waals surface area contributed by atoms with Gasteiger partial charge in [0.25, 0.3) is 0 Å². The van der Waals surface area contributed by atoms with Crippen molar-refractivity contribution in [3.05, 3.63) is 40.7 Å². The third-order valence-electron chi connectivity index (χ3n) is 3.17. The maximum atomic E-state index is 6.26. The zero-order chi connectivity index (χ0) is 12.5. The van der Waals surface area contributed by atoms with Crippen LogP contribution in [0.3, 0.4) is 0 Å². The number of halogens is 1. The minimum Gasteiger partial charge on any atom is -0.308 e. The summed E-state index contributed by atoms with van der Waals surface area (Å²) in [6.07, 6.45) is 4.33. The molecule has 4 nitrogen and oxygen atoms in total. The van der Waals surface area contributed by atoms with E-state index < -0.39 is 0 Å². The first kappa shape index (κ1) is 11.7. The monoisotopic (exact) mass is 262 g/mol. The van der Waals surface area contributed by atoms with Crippen LogP contribution in [0, 0.1) is 6.92 Å². The fraction of sp³-hybridized carbons (Fsp3) is 0.385. The minimum atomic E-state index is 0.667. The van der Waals surface area contributed by atoms with Crippen molar-refractivity contribution >= 4 is 11.6 Å². The maximum absolute atomic E-state index is 6.26. The van der Waals surface area contributed by atoms with E-state index in [1.807, 2.05) is 29.8 Å². The quantitative estimate of drug-likeness (QED) is 0.921. The van der Waals surface area contributed by atoms with Crippen LogP contribution in [-0.4, -0.2) is 21.0 Å². The van der Waals surface area contributed by atoms with Gasteiger partial charge in [0.05, 0.1) is 22.6 Å². The highest BCUT2D eigenvalue weighted by atomic mass is 35.5. The predicted molar refractivity (Wildman–Crippen MR) is 71.0 cm³/mol. The Hall–Kier alpha value is -1.39. The number of nitrogens with zero attached hydrogens (tertiary/aromatic N) is 3. The molecule has 0 bridgehead atoms. The van der Waals surface area contributed by atoms with E-state index in [1.54, 1.807) is 6.20 Å². The second-order valence-corrected chi connectivity index (χ2v) is 5.10. The Morgan fingerprint density at radius 2 is 2.28 bits per heavy atom. The Bertz CT molecular complexity index is 540. The molecule has 0 aliphatic heterocycles. The number of aromatic nitrogens is 3. The molecular formula is C13H15ClN4. The van der Waals surface area contributed by atoms with Crippen LogP contribution < -0.4 is 5.32 Å². The van der Waals surface area contributed by atoms with Gasteiger partial charge < -0.3 is 5.32 Å². The molecule has 1 N–H and O–H groups in total. The molecule has 0 atom stereocenters. The lowest BCUT2D eigenvalue weighted by Gasteiger charge is -2.11. The SMILES string of the molecule is Cc1cccc(Cl)c1-n1nncc1CNC1CC1. The molecule has 1 saturated carbocycles. The van der Waals surface area contributed by atoms with Crippen LogP contribution in [0.2, 0.25) is 5.02 Å². The van der Waals surface area contributed by atoms with Crippen LogP contribution in [0.1, 0.15) is 24.1 Å². The predicted octanol–water partition coefficient (Wildman–Crippen LogP) is 2.48. The summed E-state index contributed by atoms with van der Waals surface area (Å²) in [7, 11) is 0. The number of rotatable bonds is 4. The van der Waals surface area contributed by atoms with Crippen molar-refractivity contribution in [2.75, 3.05) is 0 Å². The van der Waals surface area contributed by atoms with Crippen molar-refractivity contribution in [3.63, 3.8) is 0 Å². The Morgan fingerprint density at radius 3 is 3.00 bits per heavy atom. The average Bonchev–Trinajstić information content (AvgIpc) is 3.06. The van der Waals surface area contributed by atoms with Crippen LogP contribution in [0.4, 0.5) is 0 Å². The zero-order valence-electron chi connectivity index (χ0n) is 10.2. The minimum absolute atomic E-state index is 0.667. The second-order valence-electron chi connectivity index (χ2n) is 4.70. The first-order chi connectivity index (χ1) is 8.75. The summed E-state index contributed by atoms with van der Waals surface area (Å²) < 4.78 is 1.83. The molecule has 0 spiro atoms. The molecule has 1 heterocycles. The lowest BCUT2D eigenvalue weighted by atomic mass is 10.2. The van der Waals surface area contributed by atoms with Gasteiger partial charge in [0.2, 0.25) is 0 Å². The van der Waals surface area contributed by atoms with Gasteiger partial charge in [-0.2, -0.15) is 0 Å². The summed E-state index contributed by atoms with van der Waals surface area (Å²) in [5.41, 5.74) is 3.06. The van der Waals surface area contributed by atoms with Gasteiger partial charge >= 0.3 is 0 Å². The van der Waals surface area contributed by atoms with Gasteiger partial charge in [-0.25, -0.2) is 4.68 Å². The average molecular weight is 263 g/mol. The Morgan fingerprint density at radius 1 is 1.44 bits per heavy atom. The van der Waals surface area contributed by atoms with E-state index in [0.29, 0.717) is 11.1 Å². The summed E-state index contributed by atoms with van der Waals surface area (Å²) in [6, 6.07) is 6.52. The highest BCUT2D eigenvalue weighted by molar-refractivity contribution is 6.32. The molecule has 1 aliphatic carbocycles. The van der Waals surface area contributed by atoms with E-state index in [9.17, 15) is 0 Å². The summed E-state index contributed by atoms with van der Waals surface area (Å²) >= 11 is 6.26. The molecule has 18 heavy (non-hydrogen) atoms. The van der Waals surface area contributed by atoms with Crippen LogP contribution in [0.5, 0.6) is 0 Å². The van der Waals surface area contributed by atoms with Crippen LogP contribution >= 0.6 is 11.6 Å². The van der Waals surface area contributed by atoms with Crippen LogP contribution in [0.15, 0.2) is 24.4 Å². The normalized spacial score (nSPS) is 15.0. The number of hydrogen-bond acceptors (Lipinski definition) is 3. The molecule has 1 aromatic heterocycles. The summed E-state index contributed by atoms with van der Waals surface area (Å²) in [5, 5.41) is 12.3. The molecule has 3 rings (SSSR count). The van der Waals surface area contributed by atoms with E-state index in [1.165, 1.54) is 12.8 Å². The Balaban J connectivity index is 1.93. The summed E-state index contributed by atoms with van der Waals surface area (Å²) in [5.74, 6) is 0. The highest BCUT2D eigenvalue weighted by Crippen LogP contribution is 2.25. The van der Waals surface area contributed by atoms with E-state index in [4.69, 9.17) is 11.6 Å². The lowest BCUT2D eigenvalue weighted by molar-refractivity contribution is 0.646. The summed E-state index contributed by atoms with van der Waals surface area (Å²) in [6.45, 7) is 2.81. The van der Waals surface area contributed by atoms with Gasteiger partial charge in [0.1, 0.15) is 0 Å². The van der Waals surface area contributed by atoms with E-state index >= 15 is 0 Å². The van der Waals surface area contributed by atoms with Gasteiger partial charge in [-0.05, 0) is 31.4 Å². The molecule has 5 heteroatoms.